The van der Waals surface area contributed by atoms with E-state index in [0.717, 1.165) is 22.6 Å². The number of methoxy groups -OCH3 is 1. The fraction of sp³-hybridized carbons (Fsp3) is 0.167. The summed E-state index contributed by atoms with van der Waals surface area (Å²) in [5.74, 6) is -0.126. The average molecular weight is 433 g/mol. The van der Waals surface area contributed by atoms with Crippen molar-refractivity contribution in [3.05, 3.63) is 81.6 Å². The molecule has 7 heteroatoms. The molecule has 3 aromatic rings. The van der Waals surface area contributed by atoms with E-state index >= 15 is 0 Å². The van der Waals surface area contributed by atoms with Crippen LogP contribution in [-0.4, -0.2) is 30.5 Å². The first-order valence-electron chi connectivity index (χ1n) is 9.83. The first-order chi connectivity index (χ1) is 15.1. The van der Waals surface area contributed by atoms with Crippen LogP contribution in [-0.2, 0) is 16.0 Å². The van der Waals surface area contributed by atoms with E-state index < -0.39 is 17.7 Å². The number of aliphatic hydroxyl groups excluding tert-OH is 1. The number of aliphatic hydroxyl groups is 1. The Bertz CT molecular complexity index is 1200. The van der Waals surface area contributed by atoms with E-state index in [1.807, 2.05) is 23.6 Å². The molecule has 0 saturated carbocycles. The summed E-state index contributed by atoms with van der Waals surface area (Å²) < 4.78 is 10.7. The highest BCUT2D eigenvalue weighted by Crippen LogP contribution is 2.44. The van der Waals surface area contributed by atoms with Gasteiger partial charge in [-0.1, -0.05) is 6.07 Å². The smallest absolute Gasteiger partial charge is 0.300 e. The highest BCUT2D eigenvalue weighted by Gasteiger charge is 2.47. The fourth-order valence-electron chi connectivity index (χ4n) is 4.05. The minimum atomic E-state index is -0.710. The summed E-state index contributed by atoms with van der Waals surface area (Å²) in [4.78, 5) is 28.4. The van der Waals surface area contributed by atoms with Crippen LogP contribution in [0.15, 0.2) is 65.6 Å². The molecule has 2 aromatic carbocycles. The van der Waals surface area contributed by atoms with Crippen LogP contribution in [0, 0.1) is 0 Å². The van der Waals surface area contributed by atoms with Crippen molar-refractivity contribution >= 4 is 34.5 Å². The number of nitrogens with zero attached hydrogens (tertiary/aromatic N) is 1. The van der Waals surface area contributed by atoms with Crippen molar-refractivity contribution in [3.63, 3.8) is 0 Å². The maximum absolute atomic E-state index is 13.1. The molecule has 6 nitrogen and oxygen atoms in total. The lowest BCUT2D eigenvalue weighted by molar-refractivity contribution is -0.132. The molecule has 1 amide bonds. The monoisotopic (exact) mass is 433 g/mol. The van der Waals surface area contributed by atoms with Crippen LogP contribution < -0.4 is 14.4 Å². The van der Waals surface area contributed by atoms with E-state index in [-0.39, 0.29) is 11.3 Å². The number of ketones is 1. The minimum Gasteiger partial charge on any atom is -0.507 e. The Morgan fingerprint density at radius 2 is 1.97 bits per heavy atom. The van der Waals surface area contributed by atoms with Crippen LogP contribution in [0.2, 0.25) is 0 Å². The number of Topliss-reactive ketones (excluding diaryl/α,β-unsaturated/α-hetero) is 1. The third-order valence-corrected chi connectivity index (χ3v) is 6.50. The second kappa shape index (κ2) is 7.59. The van der Waals surface area contributed by atoms with Crippen molar-refractivity contribution in [2.75, 3.05) is 18.6 Å². The number of ether oxygens (including phenoxy) is 2. The third kappa shape index (κ3) is 3.18. The molecule has 0 spiro atoms. The number of carbonyl (C=O) groups is 2. The molecular weight excluding hydrogens is 414 g/mol. The summed E-state index contributed by atoms with van der Waals surface area (Å²) in [5, 5.41) is 13.1. The molecule has 2 aliphatic heterocycles. The molecule has 1 atom stereocenters. The molecule has 1 unspecified atom stereocenters. The first kappa shape index (κ1) is 19.4. The summed E-state index contributed by atoms with van der Waals surface area (Å²) in [5.41, 5.74) is 2.12. The van der Waals surface area contributed by atoms with Gasteiger partial charge in [0, 0.05) is 22.5 Å². The van der Waals surface area contributed by atoms with Crippen molar-refractivity contribution in [3.8, 4) is 11.5 Å². The molecule has 0 radical (unpaired) electrons. The topological polar surface area (TPSA) is 76.1 Å². The van der Waals surface area contributed by atoms with Gasteiger partial charge in [0.1, 0.15) is 23.3 Å². The van der Waals surface area contributed by atoms with Gasteiger partial charge < -0.3 is 14.6 Å². The quantitative estimate of drug-likeness (QED) is 0.377. The zero-order valence-corrected chi connectivity index (χ0v) is 17.5. The Kier molecular flexibility index (Phi) is 4.75. The second-order valence-electron chi connectivity index (χ2n) is 7.30. The second-order valence-corrected chi connectivity index (χ2v) is 8.28. The van der Waals surface area contributed by atoms with Crippen molar-refractivity contribution in [1.29, 1.82) is 0 Å². The van der Waals surface area contributed by atoms with E-state index in [1.54, 1.807) is 43.5 Å². The van der Waals surface area contributed by atoms with Crippen molar-refractivity contribution in [1.82, 2.24) is 0 Å². The van der Waals surface area contributed by atoms with E-state index in [9.17, 15) is 14.7 Å². The molecule has 31 heavy (non-hydrogen) atoms. The summed E-state index contributed by atoms with van der Waals surface area (Å²) in [6.45, 7) is 0.594. The van der Waals surface area contributed by atoms with Gasteiger partial charge in [0.2, 0.25) is 0 Å². The lowest BCUT2D eigenvalue weighted by Gasteiger charge is -2.24. The maximum atomic E-state index is 13.1. The van der Waals surface area contributed by atoms with Gasteiger partial charge in [-0.2, -0.15) is 0 Å². The Hall–Kier alpha value is -3.58. The molecule has 1 fully saturated rings. The Labute approximate surface area is 183 Å². The standard InChI is InChI=1S/C24H19NO5S/c1-29-17-7-5-16(6-8-17)25-21(19-3-2-12-31-19)20(23(27)24(25)28)22(26)15-4-9-18-14(13-15)10-11-30-18/h2-9,12-13,21,26H,10-11H2,1H3/b22-20-. The average Bonchev–Trinajstić information content (AvgIpc) is 3.53. The van der Waals surface area contributed by atoms with Gasteiger partial charge in [-0.25, -0.2) is 0 Å². The Morgan fingerprint density at radius 1 is 1.16 bits per heavy atom. The van der Waals surface area contributed by atoms with Gasteiger partial charge in [0.05, 0.1) is 19.3 Å². The predicted molar refractivity (Wildman–Crippen MR) is 118 cm³/mol. The van der Waals surface area contributed by atoms with Crippen molar-refractivity contribution in [2.45, 2.75) is 12.5 Å². The zero-order chi connectivity index (χ0) is 21.5. The molecule has 1 aromatic heterocycles. The molecule has 156 valence electrons. The zero-order valence-electron chi connectivity index (χ0n) is 16.7. The largest absolute Gasteiger partial charge is 0.507 e. The van der Waals surface area contributed by atoms with Crippen LogP contribution in [0.5, 0.6) is 11.5 Å². The number of fused-ring (bicyclic) bond motifs is 1. The first-order valence-corrected chi connectivity index (χ1v) is 10.7. The summed E-state index contributed by atoms with van der Waals surface area (Å²) in [7, 11) is 1.56. The molecule has 3 heterocycles. The molecule has 2 aliphatic rings. The minimum absolute atomic E-state index is 0.0853. The maximum Gasteiger partial charge on any atom is 0.300 e. The summed E-state index contributed by atoms with van der Waals surface area (Å²) in [6, 6.07) is 15.3. The Balaban J connectivity index is 1.66. The molecule has 5 rings (SSSR count). The number of hydrogen-bond donors (Lipinski definition) is 1. The fourth-order valence-corrected chi connectivity index (χ4v) is 4.87. The number of amides is 1. The van der Waals surface area contributed by atoms with Gasteiger partial charge in [0.25, 0.3) is 11.7 Å². The van der Waals surface area contributed by atoms with E-state index in [2.05, 4.69) is 0 Å². The van der Waals surface area contributed by atoms with Crippen LogP contribution in [0.25, 0.3) is 5.76 Å². The SMILES string of the molecule is COc1ccc(N2C(=O)C(=O)/C(=C(\O)c3ccc4c(c3)CCO4)C2c2cccs2)cc1. The highest BCUT2D eigenvalue weighted by molar-refractivity contribution is 7.10. The Morgan fingerprint density at radius 3 is 2.68 bits per heavy atom. The van der Waals surface area contributed by atoms with Gasteiger partial charge in [0.15, 0.2) is 0 Å². The molecular formula is C24H19NO5S. The van der Waals surface area contributed by atoms with Gasteiger partial charge in [-0.05, 0) is 59.5 Å². The molecule has 0 aliphatic carbocycles. The number of thiophene rings is 1. The number of benzene rings is 2. The van der Waals surface area contributed by atoms with Crippen LogP contribution in [0.4, 0.5) is 5.69 Å². The summed E-state index contributed by atoms with van der Waals surface area (Å²) in [6.07, 6.45) is 0.741. The lowest BCUT2D eigenvalue weighted by Crippen LogP contribution is -2.29. The van der Waals surface area contributed by atoms with E-state index in [0.29, 0.717) is 23.6 Å². The van der Waals surface area contributed by atoms with Crippen LogP contribution in [0.1, 0.15) is 22.0 Å². The number of hydrogen-bond acceptors (Lipinski definition) is 6. The normalized spacial score (nSPS) is 19.4. The number of anilines is 1. The number of rotatable bonds is 4. The van der Waals surface area contributed by atoms with Gasteiger partial charge in [-0.15, -0.1) is 11.3 Å². The molecule has 1 saturated heterocycles. The lowest BCUT2D eigenvalue weighted by atomic mass is 9.98. The third-order valence-electron chi connectivity index (χ3n) is 5.57. The van der Waals surface area contributed by atoms with Gasteiger partial charge in [-0.3, -0.25) is 14.5 Å². The van der Waals surface area contributed by atoms with E-state index in [4.69, 9.17) is 9.47 Å². The van der Waals surface area contributed by atoms with Crippen LogP contribution in [0.3, 0.4) is 0 Å². The van der Waals surface area contributed by atoms with Gasteiger partial charge >= 0.3 is 0 Å². The summed E-state index contributed by atoms with van der Waals surface area (Å²) >= 11 is 1.43. The molecule has 1 N–H and O–H groups in total. The highest BCUT2D eigenvalue weighted by atomic mass is 32.1. The van der Waals surface area contributed by atoms with Crippen LogP contribution >= 0.6 is 11.3 Å². The molecule has 0 bridgehead atoms. The van der Waals surface area contributed by atoms with Crippen molar-refractivity contribution in [2.24, 2.45) is 0 Å². The van der Waals surface area contributed by atoms with E-state index in [1.165, 1.54) is 16.2 Å². The van der Waals surface area contributed by atoms with Crippen molar-refractivity contribution < 1.29 is 24.2 Å². The predicted octanol–water partition coefficient (Wildman–Crippen LogP) is 4.32. The number of carbonyl (C=O) groups excluding carboxylic acids is 2.